The maximum Gasteiger partial charge on any atom is 0.470 e. The first-order chi connectivity index (χ1) is 17.0. The Hall–Kier alpha value is 0.620. The van der Waals surface area contributed by atoms with Crippen molar-refractivity contribution in [3.05, 3.63) is 0 Å². The van der Waals surface area contributed by atoms with Crippen LogP contribution in [0.3, 0.4) is 0 Å². The summed E-state index contributed by atoms with van der Waals surface area (Å²) in [5.74, 6) is 0. The minimum absolute atomic E-state index is 0.750. The SMILES string of the molecule is CCN.O=P(O)(O)OC1C(OP(=O)(O)O)C(OP(=O)(O)O)C(OP(=O)(O)O)C(OP(=O)(O)O)C1OP(=O)(O)O. The largest absolute Gasteiger partial charge is 0.470 e. The van der Waals surface area contributed by atoms with Crippen molar-refractivity contribution in [3.63, 3.8) is 0 Å². The van der Waals surface area contributed by atoms with Crippen LogP contribution < -0.4 is 5.73 Å². The zero-order valence-corrected chi connectivity index (χ0v) is 24.1. The van der Waals surface area contributed by atoms with E-state index in [1.165, 1.54) is 0 Å². The molecular weight excluding hydrogens is 680 g/mol. The van der Waals surface area contributed by atoms with Gasteiger partial charge >= 0.3 is 46.9 Å². The first-order valence-electron chi connectivity index (χ1n) is 9.12. The highest BCUT2D eigenvalue weighted by Gasteiger charge is 2.62. The van der Waals surface area contributed by atoms with Crippen LogP contribution in [0.1, 0.15) is 6.92 Å². The molecular formula is C8H25NO24P6. The minimum atomic E-state index is -6.02. The molecule has 0 aromatic heterocycles. The molecule has 1 saturated carbocycles. The summed E-state index contributed by atoms with van der Waals surface area (Å²) in [5, 5.41) is 0. The van der Waals surface area contributed by atoms with Gasteiger partial charge in [-0.1, -0.05) is 6.92 Å². The number of hydrogen-bond donors (Lipinski definition) is 13. The molecule has 0 aliphatic heterocycles. The van der Waals surface area contributed by atoms with Gasteiger partial charge in [-0.05, 0) is 6.54 Å². The van der Waals surface area contributed by atoms with E-state index in [1.54, 1.807) is 0 Å². The molecule has 1 fully saturated rings. The lowest BCUT2D eigenvalue weighted by Crippen LogP contribution is -2.66. The highest BCUT2D eigenvalue weighted by atomic mass is 31.2. The third-order valence-corrected chi connectivity index (χ3v) is 6.61. The number of nitrogens with two attached hydrogens (primary N) is 1. The fourth-order valence-corrected chi connectivity index (χ4v) is 6.14. The van der Waals surface area contributed by atoms with Gasteiger partial charge in [-0.15, -0.1) is 0 Å². The van der Waals surface area contributed by atoms with Crippen LogP contribution in [-0.4, -0.2) is 102 Å². The van der Waals surface area contributed by atoms with Gasteiger partial charge in [-0.2, -0.15) is 0 Å². The van der Waals surface area contributed by atoms with Gasteiger partial charge in [0.25, 0.3) is 0 Å². The fraction of sp³-hybridized carbons (Fsp3) is 1.00. The van der Waals surface area contributed by atoms with Crippen LogP contribution in [-0.2, 0) is 54.5 Å². The molecule has 0 amide bonds. The van der Waals surface area contributed by atoms with Gasteiger partial charge in [0.1, 0.15) is 36.6 Å². The van der Waals surface area contributed by atoms with Gasteiger partial charge in [0.15, 0.2) is 0 Å². The van der Waals surface area contributed by atoms with E-state index >= 15 is 0 Å². The smallest absolute Gasteiger partial charge is 0.331 e. The number of phosphoric ester groups is 6. The Morgan fingerprint density at radius 1 is 0.410 bits per heavy atom. The normalized spacial score (nSPS) is 27.5. The van der Waals surface area contributed by atoms with Crippen LogP contribution in [0.25, 0.3) is 0 Å². The van der Waals surface area contributed by atoms with E-state index < -0.39 is 83.6 Å². The third kappa shape index (κ3) is 17.4. The zero-order chi connectivity index (χ0) is 31.4. The summed E-state index contributed by atoms with van der Waals surface area (Å²) in [6, 6.07) is 0. The zero-order valence-electron chi connectivity index (χ0n) is 18.7. The van der Waals surface area contributed by atoms with E-state index in [1.807, 2.05) is 6.92 Å². The summed E-state index contributed by atoms with van der Waals surface area (Å²) >= 11 is 0. The van der Waals surface area contributed by atoms with Crippen LogP contribution in [0.2, 0.25) is 0 Å². The van der Waals surface area contributed by atoms with Crippen molar-refractivity contribution in [1.29, 1.82) is 0 Å². The van der Waals surface area contributed by atoms with E-state index in [2.05, 4.69) is 27.1 Å². The van der Waals surface area contributed by atoms with Crippen LogP contribution in [0, 0.1) is 0 Å². The lowest BCUT2D eigenvalue weighted by molar-refractivity contribution is -0.202. The van der Waals surface area contributed by atoms with E-state index in [0.29, 0.717) is 0 Å². The summed E-state index contributed by atoms with van der Waals surface area (Å²) < 4.78 is 93.1. The lowest BCUT2D eigenvalue weighted by Gasteiger charge is -2.48. The molecule has 1 rings (SSSR count). The molecule has 0 spiro atoms. The van der Waals surface area contributed by atoms with Crippen molar-refractivity contribution in [1.82, 2.24) is 0 Å². The second kappa shape index (κ2) is 14.4. The Bertz CT molecular complexity index is 845. The average Bonchev–Trinajstić information content (AvgIpc) is 2.59. The monoisotopic (exact) mass is 705 g/mol. The maximum absolute atomic E-state index is 11.4. The maximum atomic E-state index is 11.4. The van der Waals surface area contributed by atoms with Crippen molar-refractivity contribution < 1.29 is 113 Å². The van der Waals surface area contributed by atoms with Crippen LogP contribution >= 0.6 is 46.9 Å². The Labute approximate surface area is 216 Å². The molecule has 236 valence electrons. The van der Waals surface area contributed by atoms with Crippen LogP contribution in [0.4, 0.5) is 0 Å². The number of hydrogen-bond acceptors (Lipinski definition) is 13. The summed E-state index contributed by atoms with van der Waals surface area (Å²) in [4.78, 5) is 110. The Balaban J connectivity index is 0.00000458. The van der Waals surface area contributed by atoms with E-state index in [-0.39, 0.29) is 0 Å². The molecule has 1 aliphatic carbocycles. The predicted octanol–water partition coefficient (Wildman–Crippen LogP) is -3.17. The van der Waals surface area contributed by atoms with Gasteiger partial charge in [0.05, 0.1) is 0 Å². The second-order valence-electron chi connectivity index (χ2n) is 6.77. The first-order valence-corrected chi connectivity index (χ1v) is 18.3. The molecule has 31 heteroatoms. The van der Waals surface area contributed by atoms with Crippen molar-refractivity contribution in [2.75, 3.05) is 6.54 Å². The molecule has 0 aromatic carbocycles. The highest BCUT2D eigenvalue weighted by molar-refractivity contribution is 7.47. The van der Waals surface area contributed by atoms with Crippen molar-refractivity contribution >= 4 is 46.9 Å². The van der Waals surface area contributed by atoms with Crippen molar-refractivity contribution in [2.24, 2.45) is 5.73 Å². The van der Waals surface area contributed by atoms with Gasteiger partial charge in [0.2, 0.25) is 0 Å². The number of rotatable bonds is 12. The molecule has 1 aliphatic rings. The molecule has 0 unspecified atom stereocenters. The molecule has 39 heavy (non-hydrogen) atoms. The molecule has 0 radical (unpaired) electrons. The molecule has 14 N–H and O–H groups in total. The van der Waals surface area contributed by atoms with Gasteiger partial charge < -0.3 is 64.5 Å². The van der Waals surface area contributed by atoms with E-state index in [9.17, 15) is 27.4 Å². The quantitative estimate of drug-likeness (QED) is 0.0890. The van der Waals surface area contributed by atoms with Gasteiger partial charge in [-0.25, -0.2) is 27.4 Å². The molecule has 0 bridgehead atoms. The topological polar surface area (TPSA) is 427 Å². The van der Waals surface area contributed by atoms with Crippen molar-refractivity contribution in [2.45, 2.75) is 43.5 Å². The Kier molecular flexibility index (Phi) is 14.6. The van der Waals surface area contributed by atoms with E-state index in [0.717, 1.165) is 6.54 Å². The van der Waals surface area contributed by atoms with Gasteiger partial charge in [-0.3, -0.25) is 27.1 Å². The first kappa shape index (κ1) is 39.6. The molecule has 0 aromatic rings. The Morgan fingerprint density at radius 3 is 0.538 bits per heavy atom. The van der Waals surface area contributed by atoms with Crippen LogP contribution in [0.15, 0.2) is 0 Å². The Morgan fingerprint density at radius 2 is 0.487 bits per heavy atom. The standard InChI is InChI=1S/C6H18O24P6.C2H7N/c7-31(8,9)25-1-2(26-32(10,11)12)4(28-34(16,17)18)6(30-36(22,23)24)5(29-35(19,20)21)3(1)27-33(13,14)15;1-2-3/h1-6H,(H2,7,8,9)(H2,10,11,12)(H2,13,14,15)(H2,16,17,18)(H2,19,20,21)(H2,22,23,24);2-3H2,1H3. The summed E-state index contributed by atoms with van der Waals surface area (Å²) in [6.07, 6.45) is -18.9. The number of phosphoric acid groups is 6. The third-order valence-electron chi connectivity index (χ3n) is 3.50. The molecule has 0 heterocycles. The molecule has 25 nitrogen and oxygen atoms in total. The minimum Gasteiger partial charge on any atom is -0.331 e. The summed E-state index contributed by atoms with van der Waals surface area (Å²) in [5.41, 5.74) is 4.85. The molecule has 0 saturated heterocycles. The summed E-state index contributed by atoms with van der Waals surface area (Å²) in [6.45, 7) is 2.65. The van der Waals surface area contributed by atoms with E-state index in [4.69, 9.17) is 64.5 Å². The van der Waals surface area contributed by atoms with Gasteiger partial charge in [0, 0.05) is 0 Å². The summed E-state index contributed by atoms with van der Waals surface area (Å²) in [7, 11) is -36.1. The predicted molar refractivity (Wildman–Crippen MR) is 116 cm³/mol. The lowest BCUT2D eigenvalue weighted by atomic mass is 9.85. The van der Waals surface area contributed by atoms with Crippen molar-refractivity contribution in [3.8, 4) is 0 Å². The average molecular weight is 705 g/mol. The highest BCUT2D eigenvalue weighted by Crippen LogP contribution is 2.57. The molecule has 0 atom stereocenters. The second-order valence-corrected chi connectivity index (χ2v) is 13.9. The van der Waals surface area contributed by atoms with Crippen LogP contribution in [0.5, 0.6) is 0 Å². The fourth-order valence-electron chi connectivity index (χ4n) is 2.79.